The first kappa shape index (κ1) is 14.0. The summed E-state index contributed by atoms with van der Waals surface area (Å²) in [6, 6.07) is 3.71. The van der Waals surface area contributed by atoms with Crippen LogP contribution in [0, 0.1) is 6.92 Å². The first-order chi connectivity index (χ1) is 10.1. The van der Waals surface area contributed by atoms with E-state index in [0.29, 0.717) is 15.1 Å². The highest BCUT2D eigenvalue weighted by atomic mass is 32.1. The summed E-state index contributed by atoms with van der Waals surface area (Å²) in [5, 5.41) is 2.39. The molecule has 3 rings (SSSR count). The molecule has 0 saturated heterocycles. The van der Waals surface area contributed by atoms with Crippen LogP contribution in [0.1, 0.15) is 27.0 Å². The van der Waals surface area contributed by atoms with Crippen molar-refractivity contribution in [3.05, 3.63) is 49.5 Å². The van der Waals surface area contributed by atoms with E-state index in [-0.39, 0.29) is 11.5 Å². The summed E-state index contributed by atoms with van der Waals surface area (Å²) in [7, 11) is 0. The molecule has 0 bridgehead atoms. The van der Waals surface area contributed by atoms with Crippen LogP contribution in [0.25, 0.3) is 10.2 Å². The number of hydrogen-bond acceptors (Lipinski definition) is 5. The van der Waals surface area contributed by atoms with Crippen molar-refractivity contribution in [3.63, 3.8) is 0 Å². The molecule has 0 aliphatic heterocycles. The van der Waals surface area contributed by atoms with E-state index in [2.05, 4.69) is 10.4 Å². The van der Waals surface area contributed by atoms with Crippen LogP contribution in [-0.2, 0) is 6.42 Å². The maximum Gasteiger partial charge on any atom is 0.280 e. The van der Waals surface area contributed by atoms with Gasteiger partial charge >= 0.3 is 0 Å². The van der Waals surface area contributed by atoms with Gasteiger partial charge in [0.25, 0.3) is 11.5 Å². The van der Waals surface area contributed by atoms with Gasteiger partial charge in [0.05, 0.1) is 10.3 Å². The second-order valence-electron chi connectivity index (χ2n) is 4.58. The molecule has 3 aromatic rings. The lowest BCUT2D eigenvalue weighted by Gasteiger charge is -2.06. The monoisotopic (exact) mass is 319 g/mol. The molecule has 0 fully saturated rings. The molecule has 5 nitrogen and oxygen atoms in total. The fourth-order valence-corrected chi connectivity index (χ4v) is 3.73. The average molecular weight is 319 g/mol. The number of thiophene rings is 2. The summed E-state index contributed by atoms with van der Waals surface area (Å²) < 4.78 is 1.15. The maximum absolute atomic E-state index is 12.4. The van der Waals surface area contributed by atoms with E-state index < -0.39 is 0 Å². The number of amides is 1. The van der Waals surface area contributed by atoms with E-state index in [4.69, 9.17) is 0 Å². The van der Waals surface area contributed by atoms with Gasteiger partial charge in [0.1, 0.15) is 11.2 Å². The Hall–Kier alpha value is -1.99. The topological polar surface area (TPSA) is 64.0 Å². The van der Waals surface area contributed by atoms with E-state index in [0.717, 1.165) is 21.5 Å². The lowest BCUT2D eigenvalue weighted by molar-refractivity contribution is 0.101. The third-order valence-corrected chi connectivity index (χ3v) is 5.34. The highest BCUT2D eigenvalue weighted by Gasteiger charge is 2.13. The number of nitrogens with one attached hydrogen (secondary N) is 1. The van der Waals surface area contributed by atoms with Crippen molar-refractivity contribution in [1.82, 2.24) is 9.66 Å². The molecule has 0 aromatic carbocycles. The minimum atomic E-state index is -0.295. The summed E-state index contributed by atoms with van der Waals surface area (Å²) in [5.41, 5.74) is 3.23. The zero-order valence-corrected chi connectivity index (χ0v) is 13.2. The van der Waals surface area contributed by atoms with Gasteiger partial charge in [-0.2, -0.15) is 0 Å². The zero-order valence-electron chi connectivity index (χ0n) is 11.5. The number of fused-ring (bicyclic) bond motifs is 1. The Morgan fingerprint density at radius 2 is 2.29 bits per heavy atom. The molecule has 0 aliphatic carbocycles. The molecular formula is C14H13N3O2S2. The Balaban J connectivity index is 1.98. The van der Waals surface area contributed by atoms with E-state index >= 15 is 0 Å². The Kier molecular flexibility index (Phi) is 3.60. The molecule has 0 saturated carbocycles. The van der Waals surface area contributed by atoms with E-state index in [1.165, 1.54) is 29.0 Å². The number of nitrogens with zero attached hydrogens (tertiary/aromatic N) is 2. The predicted octanol–water partition coefficient (Wildman–Crippen LogP) is 2.77. The van der Waals surface area contributed by atoms with Gasteiger partial charge in [-0.3, -0.25) is 15.0 Å². The molecule has 7 heteroatoms. The third-order valence-electron chi connectivity index (χ3n) is 3.14. The van der Waals surface area contributed by atoms with Gasteiger partial charge in [-0.05, 0) is 36.4 Å². The van der Waals surface area contributed by atoms with Crippen LogP contribution in [0.5, 0.6) is 0 Å². The van der Waals surface area contributed by atoms with Crippen molar-refractivity contribution >= 4 is 38.8 Å². The van der Waals surface area contributed by atoms with Crippen molar-refractivity contribution in [2.45, 2.75) is 20.3 Å². The second kappa shape index (κ2) is 5.42. The van der Waals surface area contributed by atoms with Gasteiger partial charge in [-0.1, -0.05) is 6.92 Å². The van der Waals surface area contributed by atoms with Crippen molar-refractivity contribution in [2.24, 2.45) is 0 Å². The minimum absolute atomic E-state index is 0.251. The molecule has 108 valence electrons. The van der Waals surface area contributed by atoms with Crippen LogP contribution < -0.4 is 11.0 Å². The normalized spacial score (nSPS) is 11.0. The third kappa shape index (κ3) is 2.50. The van der Waals surface area contributed by atoms with Crippen LogP contribution in [0.2, 0.25) is 0 Å². The molecule has 1 amide bonds. The molecule has 0 aliphatic rings. The highest BCUT2D eigenvalue weighted by Crippen LogP contribution is 2.21. The zero-order chi connectivity index (χ0) is 15.0. The summed E-state index contributed by atoms with van der Waals surface area (Å²) in [6.07, 6.45) is 2.22. The van der Waals surface area contributed by atoms with Gasteiger partial charge in [-0.15, -0.1) is 22.7 Å². The van der Waals surface area contributed by atoms with Crippen molar-refractivity contribution in [3.8, 4) is 0 Å². The van der Waals surface area contributed by atoms with Crippen molar-refractivity contribution < 1.29 is 4.79 Å². The van der Waals surface area contributed by atoms with Crippen LogP contribution in [0.15, 0.2) is 28.6 Å². The van der Waals surface area contributed by atoms with Gasteiger partial charge in [0.15, 0.2) is 0 Å². The Morgan fingerprint density at radius 1 is 1.48 bits per heavy atom. The lowest BCUT2D eigenvalue weighted by atomic mass is 10.3. The molecule has 21 heavy (non-hydrogen) atoms. The SMILES string of the molecule is CCc1cc2c(=O)n(NC(=O)c3sccc3C)cnc2s1. The Bertz CT molecular complexity index is 876. The molecule has 3 heterocycles. The number of aryl methyl sites for hydroxylation is 2. The fraction of sp³-hybridized carbons (Fsp3) is 0.214. The van der Waals surface area contributed by atoms with Gasteiger partial charge < -0.3 is 0 Å². The lowest BCUT2D eigenvalue weighted by Crippen LogP contribution is -2.32. The summed E-state index contributed by atoms with van der Waals surface area (Å²) in [6.45, 7) is 3.90. The van der Waals surface area contributed by atoms with Crippen LogP contribution in [0.3, 0.4) is 0 Å². The number of rotatable bonds is 3. The summed E-state index contributed by atoms with van der Waals surface area (Å²) in [4.78, 5) is 31.2. The number of carbonyl (C=O) groups is 1. The number of carbonyl (C=O) groups excluding carboxylic acids is 1. The molecule has 1 N–H and O–H groups in total. The standard InChI is InChI=1S/C14H13N3O2S2/c1-3-9-6-10-13(21-9)15-7-17(14(10)19)16-12(18)11-8(2)4-5-20-11/h4-7H,3H2,1-2H3,(H,16,18). The van der Waals surface area contributed by atoms with Crippen molar-refractivity contribution in [1.29, 1.82) is 0 Å². The van der Waals surface area contributed by atoms with Gasteiger partial charge in [-0.25, -0.2) is 9.66 Å². The summed E-state index contributed by atoms with van der Waals surface area (Å²) in [5.74, 6) is -0.295. The first-order valence-corrected chi connectivity index (χ1v) is 8.15. The quantitative estimate of drug-likeness (QED) is 0.807. The Morgan fingerprint density at radius 3 is 2.95 bits per heavy atom. The number of hydrogen-bond donors (Lipinski definition) is 1. The van der Waals surface area contributed by atoms with Gasteiger partial charge in [0, 0.05) is 4.88 Å². The molecular weight excluding hydrogens is 306 g/mol. The minimum Gasteiger partial charge on any atom is -0.267 e. The van der Waals surface area contributed by atoms with E-state index in [9.17, 15) is 9.59 Å². The Labute approximate surface area is 128 Å². The second-order valence-corrected chi connectivity index (χ2v) is 6.61. The van der Waals surface area contributed by atoms with E-state index in [1.54, 1.807) is 0 Å². The summed E-state index contributed by atoms with van der Waals surface area (Å²) >= 11 is 2.85. The van der Waals surface area contributed by atoms with Crippen LogP contribution in [0.4, 0.5) is 0 Å². The van der Waals surface area contributed by atoms with Crippen LogP contribution in [-0.4, -0.2) is 15.6 Å². The van der Waals surface area contributed by atoms with E-state index in [1.807, 2.05) is 31.4 Å². The maximum atomic E-state index is 12.4. The molecule has 3 aromatic heterocycles. The smallest absolute Gasteiger partial charge is 0.267 e. The highest BCUT2D eigenvalue weighted by molar-refractivity contribution is 7.18. The predicted molar refractivity (Wildman–Crippen MR) is 86.0 cm³/mol. The molecule has 0 radical (unpaired) electrons. The molecule has 0 unspecified atom stereocenters. The molecule has 0 atom stereocenters. The fourth-order valence-electron chi connectivity index (χ4n) is 1.99. The van der Waals surface area contributed by atoms with Crippen molar-refractivity contribution in [2.75, 3.05) is 5.43 Å². The first-order valence-electron chi connectivity index (χ1n) is 6.45. The van der Waals surface area contributed by atoms with Gasteiger partial charge in [0.2, 0.25) is 0 Å². The molecule has 0 spiro atoms. The average Bonchev–Trinajstić information content (AvgIpc) is 3.08. The number of aromatic nitrogens is 2. The van der Waals surface area contributed by atoms with Crippen LogP contribution >= 0.6 is 22.7 Å². The largest absolute Gasteiger partial charge is 0.280 e.